The summed E-state index contributed by atoms with van der Waals surface area (Å²) in [5, 5.41) is 3.63. The number of halogens is 1. The van der Waals surface area contributed by atoms with Crippen molar-refractivity contribution in [3.8, 4) is 0 Å². The molecule has 3 aromatic rings. The van der Waals surface area contributed by atoms with Crippen LogP contribution < -0.4 is 10.0 Å². The van der Waals surface area contributed by atoms with E-state index in [1.165, 1.54) is 0 Å². The molecule has 7 heteroatoms. The lowest BCUT2D eigenvalue weighted by Crippen LogP contribution is -2.27. The molecular formula is C25H27ClN2O3S. The van der Waals surface area contributed by atoms with Crippen LogP contribution in [0.5, 0.6) is 0 Å². The molecule has 168 valence electrons. The maximum atomic E-state index is 12.7. The van der Waals surface area contributed by atoms with E-state index in [1.54, 1.807) is 36.4 Å². The van der Waals surface area contributed by atoms with E-state index in [1.807, 2.05) is 56.3 Å². The van der Waals surface area contributed by atoms with E-state index in [0.717, 1.165) is 16.7 Å². The smallest absolute Gasteiger partial charge is 0.241 e. The molecule has 0 spiro atoms. The molecule has 1 amide bonds. The summed E-state index contributed by atoms with van der Waals surface area (Å²) in [7, 11) is -3.64. The van der Waals surface area contributed by atoms with Crippen molar-refractivity contribution in [2.75, 3.05) is 0 Å². The number of benzene rings is 3. The molecule has 32 heavy (non-hydrogen) atoms. The van der Waals surface area contributed by atoms with Crippen LogP contribution in [-0.4, -0.2) is 14.3 Å². The fourth-order valence-electron chi connectivity index (χ4n) is 3.35. The maximum Gasteiger partial charge on any atom is 0.241 e. The SMILES string of the molecule is C[C@H](NC(=O)CCc1ccc(S(=O)(=O)N[C@H](C)c2ccccc2)cc1)c1ccc(Cl)cc1. The van der Waals surface area contributed by atoms with E-state index in [0.29, 0.717) is 17.9 Å². The van der Waals surface area contributed by atoms with Crippen LogP contribution in [0.25, 0.3) is 0 Å². The zero-order chi connectivity index (χ0) is 23.1. The zero-order valence-electron chi connectivity index (χ0n) is 18.1. The van der Waals surface area contributed by atoms with Gasteiger partial charge in [0.1, 0.15) is 0 Å². The number of nitrogens with one attached hydrogen (secondary N) is 2. The highest BCUT2D eigenvalue weighted by Gasteiger charge is 2.18. The first-order valence-electron chi connectivity index (χ1n) is 10.5. The van der Waals surface area contributed by atoms with Gasteiger partial charge in [0.05, 0.1) is 10.9 Å². The normalized spacial score (nSPS) is 13.3. The summed E-state index contributed by atoms with van der Waals surface area (Å²) in [4.78, 5) is 12.5. The van der Waals surface area contributed by atoms with Gasteiger partial charge in [0.25, 0.3) is 0 Å². The number of amides is 1. The van der Waals surface area contributed by atoms with E-state index in [2.05, 4.69) is 10.0 Å². The lowest BCUT2D eigenvalue weighted by molar-refractivity contribution is -0.121. The molecule has 3 aromatic carbocycles. The first-order chi connectivity index (χ1) is 15.2. The first-order valence-corrected chi connectivity index (χ1v) is 12.3. The van der Waals surface area contributed by atoms with Crippen molar-refractivity contribution < 1.29 is 13.2 Å². The summed E-state index contributed by atoms with van der Waals surface area (Å²) in [6.45, 7) is 3.73. The number of sulfonamides is 1. The lowest BCUT2D eigenvalue weighted by Gasteiger charge is -2.15. The summed E-state index contributed by atoms with van der Waals surface area (Å²) < 4.78 is 28.1. The highest BCUT2D eigenvalue weighted by Crippen LogP contribution is 2.19. The predicted octanol–water partition coefficient (Wildman–Crippen LogP) is 5.19. The number of rotatable bonds is 9. The van der Waals surface area contributed by atoms with Crippen LogP contribution in [0.15, 0.2) is 83.8 Å². The molecular weight excluding hydrogens is 444 g/mol. The van der Waals surface area contributed by atoms with Crippen LogP contribution in [0, 0.1) is 0 Å². The minimum absolute atomic E-state index is 0.0671. The van der Waals surface area contributed by atoms with E-state index in [4.69, 9.17) is 11.6 Å². The summed E-state index contributed by atoms with van der Waals surface area (Å²) >= 11 is 5.90. The zero-order valence-corrected chi connectivity index (χ0v) is 19.7. The van der Waals surface area contributed by atoms with Gasteiger partial charge in [0, 0.05) is 17.5 Å². The Morgan fingerprint density at radius 1 is 0.844 bits per heavy atom. The van der Waals surface area contributed by atoms with Gasteiger partial charge >= 0.3 is 0 Å². The van der Waals surface area contributed by atoms with Crippen molar-refractivity contribution in [1.29, 1.82) is 0 Å². The van der Waals surface area contributed by atoms with Crippen LogP contribution in [0.1, 0.15) is 49.0 Å². The van der Waals surface area contributed by atoms with Crippen molar-refractivity contribution in [3.05, 3.63) is 101 Å². The molecule has 0 saturated heterocycles. The molecule has 5 nitrogen and oxygen atoms in total. The van der Waals surface area contributed by atoms with Crippen LogP contribution in [0.2, 0.25) is 5.02 Å². The number of carbonyl (C=O) groups excluding carboxylic acids is 1. The Morgan fingerprint density at radius 3 is 2.06 bits per heavy atom. The van der Waals surface area contributed by atoms with Crippen LogP contribution in [-0.2, 0) is 21.2 Å². The minimum Gasteiger partial charge on any atom is -0.350 e. The molecule has 0 fully saturated rings. The van der Waals surface area contributed by atoms with Crippen molar-refractivity contribution in [3.63, 3.8) is 0 Å². The fraction of sp³-hybridized carbons (Fsp3) is 0.240. The maximum absolute atomic E-state index is 12.7. The van der Waals surface area contributed by atoms with E-state index in [-0.39, 0.29) is 22.9 Å². The highest BCUT2D eigenvalue weighted by molar-refractivity contribution is 7.89. The molecule has 0 bridgehead atoms. The van der Waals surface area contributed by atoms with Gasteiger partial charge in [-0.25, -0.2) is 13.1 Å². The molecule has 0 unspecified atom stereocenters. The van der Waals surface area contributed by atoms with E-state index in [9.17, 15) is 13.2 Å². The topological polar surface area (TPSA) is 75.3 Å². The summed E-state index contributed by atoms with van der Waals surface area (Å²) in [6.07, 6.45) is 0.834. The molecule has 0 aliphatic rings. The van der Waals surface area contributed by atoms with Gasteiger partial charge in [0.15, 0.2) is 0 Å². The van der Waals surface area contributed by atoms with Gasteiger partial charge in [-0.2, -0.15) is 0 Å². The summed E-state index contributed by atoms with van der Waals surface area (Å²) in [5.41, 5.74) is 2.77. The third-order valence-corrected chi connectivity index (χ3v) is 7.06. The second kappa shape index (κ2) is 10.8. The third-order valence-electron chi connectivity index (χ3n) is 5.25. The Labute approximate surface area is 194 Å². The molecule has 0 aromatic heterocycles. The largest absolute Gasteiger partial charge is 0.350 e. The number of hydrogen-bond acceptors (Lipinski definition) is 3. The quantitative estimate of drug-likeness (QED) is 0.452. The average molecular weight is 471 g/mol. The van der Waals surface area contributed by atoms with Crippen LogP contribution >= 0.6 is 11.6 Å². The fourth-order valence-corrected chi connectivity index (χ4v) is 4.71. The second-order valence-electron chi connectivity index (χ2n) is 7.74. The Morgan fingerprint density at radius 2 is 1.44 bits per heavy atom. The second-order valence-corrected chi connectivity index (χ2v) is 9.89. The first kappa shape index (κ1) is 24.0. The van der Waals surface area contributed by atoms with E-state index < -0.39 is 10.0 Å². The number of hydrogen-bond donors (Lipinski definition) is 2. The summed E-state index contributed by atoms with van der Waals surface area (Å²) in [5.74, 6) is -0.0671. The molecule has 0 aliphatic heterocycles. The monoisotopic (exact) mass is 470 g/mol. The van der Waals surface area contributed by atoms with Crippen molar-refractivity contribution in [2.45, 2.75) is 43.7 Å². The van der Waals surface area contributed by atoms with Crippen molar-refractivity contribution >= 4 is 27.5 Å². The number of aryl methyl sites for hydroxylation is 1. The van der Waals surface area contributed by atoms with Gasteiger partial charge in [-0.15, -0.1) is 0 Å². The van der Waals surface area contributed by atoms with Gasteiger partial charge < -0.3 is 5.32 Å². The Kier molecular flexibility index (Phi) is 8.07. The van der Waals surface area contributed by atoms with Crippen molar-refractivity contribution in [2.24, 2.45) is 0 Å². The molecule has 0 radical (unpaired) electrons. The highest BCUT2D eigenvalue weighted by atomic mass is 35.5. The standard InChI is InChI=1S/C25H27ClN2O3S/c1-18(22-11-13-23(26)14-12-22)27-25(29)17-10-20-8-15-24(16-9-20)32(30,31)28-19(2)21-6-4-3-5-7-21/h3-9,11-16,18-19,28H,10,17H2,1-2H3,(H,27,29)/t18-,19+/m0/s1. The average Bonchev–Trinajstić information content (AvgIpc) is 2.78. The molecule has 0 heterocycles. The van der Waals surface area contributed by atoms with Crippen LogP contribution in [0.4, 0.5) is 0 Å². The summed E-state index contributed by atoms with van der Waals surface area (Å²) in [6, 6.07) is 23.0. The Hall–Kier alpha value is -2.67. The van der Waals surface area contributed by atoms with Gasteiger partial charge in [0.2, 0.25) is 15.9 Å². The van der Waals surface area contributed by atoms with Crippen molar-refractivity contribution in [1.82, 2.24) is 10.0 Å². The van der Waals surface area contributed by atoms with Gasteiger partial charge in [-0.3, -0.25) is 4.79 Å². The minimum atomic E-state index is -3.64. The molecule has 2 N–H and O–H groups in total. The molecule has 0 aliphatic carbocycles. The lowest BCUT2D eigenvalue weighted by atomic mass is 10.1. The third kappa shape index (κ3) is 6.66. The van der Waals surface area contributed by atoms with E-state index >= 15 is 0 Å². The van der Waals surface area contributed by atoms with Gasteiger partial charge in [-0.1, -0.05) is 66.2 Å². The molecule has 2 atom stereocenters. The van der Waals surface area contributed by atoms with Gasteiger partial charge in [-0.05, 0) is 61.2 Å². The molecule has 0 saturated carbocycles. The predicted molar refractivity (Wildman–Crippen MR) is 128 cm³/mol. The van der Waals surface area contributed by atoms with Crippen LogP contribution in [0.3, 0.4) is 0 Å². The Balaban J connectivity index is 1.53. The number of carbonyl (C=O) groups is 1. The molecule has 3 rings (SSSR count). The Bertz CT molecular complexity index is 1130.